The van der Waals surface area contributed by atoms with Crippen LogP contribution in [0, 0.1) is 6.92 Å². The maximum absolute atomic E-state index is 11.9. The fraction of sp³-hybridized carbons (Fsp3) is 0.286. The van der Waals surface area contributed by atoms with Crippen LogP contribution < -0.4 is 10.1 Å². The van der Waals surface area contributed by atoms with Gasteiger partial charge in [-0.15, -0.1) is 0 Å². The van der Waals surface area contributed by atoms with Gasteiger partial charge in [-0.3, -0.25) is 9.89 Å². The molecule has 0 saturated heterocycles. The van der Waals surface area contributed by atoms with Crippen LogP contribution in [0.5, 0.6) is 5.75 Å². The van der Waals surface area contributed by atoms with E-state index in [1.54, 1.807) is 6.07 Å². The van der Waals surface area contributed by atoms with Crippen LogP contribution in [0.2, 0.25) is 0 Å². The first-order valence-corrected chi connectivity index (χ1v) is 6.25. The first kappa shape index (κ1) is 13.1. The third-order valence-electron chi connectivity index (χ3n) is 2.52. The number of H-pyrrole nitrogens is 1. The Morgan fingerprint density at radius 1 is 1.37 bits per heavy atom. The fourth-order valence-corrected chi connectivity index (χ4v) is 1.58. The largest absolute Gasteiger partial charge is 0.494 e. The van der Waals surface area contributed by atoms with Gasteiger partial charge in [-0.05, 0) is 43.7 Å². The first-order chi connectivity index (χ1) is 9.19. The minimum absolute atomic E-state index is 0.230. The van der Waals surface area contributed by atoms with E-state index in [2.05, 4.69) is 22.4 Å². The van der Waals surface area contributed by atoms with Crippen molar-refractivity contribution in [3.63, 3.8) is 0 Å². The highest BCUT2D eigenvalue weighted by molar-refractivity contribution is 6.02. The summed E-state index contributed by atoms with van der Waals surface area (Å²) in [4.78, 5) is 11.9. The minimum atomic E-state index is -0.230. The molecule has 1 aromatic heterocycles. The molecule has 100 valence electrons. The van der Waals surface area contributed by atoms with Crippen molar-refractivity contribution in [2.75, 3.05) is 11.9 Å². The standard InChI is InChI=1S/C14H17N3O2/c1-3-8-19-12-6-4-11(5-7-12)15-14(18)13-9-10(2)16-17-13/h4-7,9H,3,8H2,1-2H3,(H,15,18)(H,16,17). The lowest BCUT2D eigenvalue weighted by molar-refractivity contribution is 0.102. The summed E-state index contributed by atoms with van der Waals surface area (Å²) in [5, 5.41) is 9.42. The van der Waals surface area contributed by atoms with E-state index in [4.69, 9.17) is 4.74 Å². The molecule has 0 fully saturated rings. The van der Waals surface area contributed by atoms with E-state index in [0.717, 1.165) is 23.6 Å². The van der Waals surface area contributed by atoms with E-state index < -0.39 is 0 Å². The van der Waals surface area contributed by atoms with Crippen molar-refractivity contribution >= 4 is 11.6 Å². The molecular weight excluding hydrogens is 242 g/mol. The Balaban J connectivity index is 1.97. The van der Waals surface area contributed by atoms with Gasteiger partial charge >= 0.3 is 0 Å². The average Bonchev–Trinajstić information content (AvgIpc) is 2.85. The summed E-state index contributed by atoms with van der Waals surface area (Å²) in [6.45, 7) is 4.60. The Kier molecular flexibility index (Phi) is 4.18. The third kappa shape index (κ3) is 3.58. The quantitative estimate of drug-likeness (QED) is 0.867. The summed E-state index contributed by atoms with van der Waals surface area (Å²) in [5.74, 6) is 0.571. The van der Waals surface area contributed by atoms with Crippen molar-refractivity contribution < 1.29 is 9.53 Å². The zero-order chi connectivity index (χ0) is 13.7. The van der Waals surface area contributed by atoms with Gasteiger partial charge in [0.2, 0.25) is 0 Å². The van der Waals surface area contributed by atoms with Crippen molar-refractivity contribution in [3.8, 4) is 5.75 Å². The summed E-state index contributed by atoms with van der Waals surface area (Å²) in [6, 6.07) is 8.99. The highest BCUT2D eigenvalue weighted by Crippen LogP contribution is 2.16. The van der Waals surface area contributed by atoms with Crippen LogP contribution in [0.1, 0.15) is 29.5 Å². The molecule has 0 spiro atoms. The molecule has 2 N–H and O–H groups in total. The predicted molar refractivity (Wildman–Crippen MR) is 73.5 cm³/mol. The SMILES string of the molecule is CCCOc1ccc(NC(=O)c2cc(C)[nH]n2)cc1. The Labute approximate surface area is 112 Å². The summed E-state index contributed by atoms with van der Waals surface area (Å²) in [5.41, 5.74) is 1.95. The number of amides is 1. The lowest BCUT2D eigenvalue weighted by atomic mass is 10.3. The lowest BCUT2D eigenvalue weighted by Crippen LogP contribution is -2.12. The molecule has 0 atom stereocenters. The molecule has 0 aliphatic heterocycles. The third-order valence-corrected chi connectivity index (χ3v) is 2.52. The molecule has 0 unspecified atom stereocenters. The summed E-state index contributed by atoms with van der Waals surface area (Å²) in [6.07, 6.45) is 0.969. The van der Waals surface area contributed by atoms with Gasteiger partial charge in [0, 0.05) is 11.4 Å². The van der Waals surface area contributed by atoms with E-state index >= 15 is 0 Å². The van der Waals surface area contributed by atoms with E-state index in [1.807, 2.05) is 31.2 Å². The van der Waals surface area contributed by atoms with Crippen LogP contribution in [0.3, 0.4) is 0 Å². The molecule has 1 aromatic carbocycles. The van der Waals surface area contributed by atoms with Gasteiger partial charge < -0.3 is 10.1 Å². The number of ether oxygens (including phenoxy) is 1. The van der Waals surface area contributed by atoms with Crippen LogP contribution in [0.15, 0.2) is 30.3 Å². The van der Waals surface area contributed by atoms with E-state index in [0.29, 0.717) is 12.3 Å². The molecule has 0 bridgehead atoms. The van der Waals surface area contributed by atoms with Gasteiger partial charge in [0.05, 0.1) is 6.61 Å². The number of anilines is 1. The van der Waals surface area contributed by atoms with E-state index in [9.17, 15) is 4.79 Å². The molecule has 5 heteroatoms. The molecular formula is C14H17N3O2. The Bertz CT molecular complexity index is 546. The van der Waals surface area contributed by atoms with E-state index in [-0.39, 0.29) is 5.91 Å². The molecule has 0 aliphatic rings. The van der Waals surface area contributed by atoms with Crippen molar-refractivity contribution in [1.82, 2.24) is 10.2 Å². The number of aryl methyl sites for hydroxylation is 1. The van der Waals surface area contributed by atoms with Crippen LogP contribution in [0.4, 0.5) is 5.69 Å². The average molecular weight is 259 g/mol. The molecule has 1 heterocycles. The zero-order valence-electron chi connectivity index (χ0n) is 11.1. The maximum Gasteiger partial charge on any atom is 0.276 e. The van der Waals surface area contributed by atoms with Crippen molar-refractivity contribution in [2.24, 2.45) is 0 Å². The number of hydrogen-bond acceptors (Lipinski definition) is 3. The second-order valence-corrected chi connectivity index (χ2v) is 4.26. The van der Waals surface area contributed by atoms with Crippen LogP contribution in [-0.4, -0.2) is 22.7 Å². The molecule has 19 heavy (non-hydrogen) atoms. The monoisotopic (exact) mass is 259 g/mol. The summed E-state index contributed by atoms with van der Waals surface area (Å²) < 4.78 is 5.47. The van der Waals surface area contributed by atoms with Gasteiger partial charge in [0.25, 0.3) is 5.91 Å². The number of benzene rings is 1. The number of nitrogens with zero attached hydrogens (tertiary/aromatic N) is 1. The molecule has 5 nitrogen and oxygen atoms in total. The molecule has 1 amide bonds. The summed E-state index contributed by atoms with van der Waals surface area (Å²) >= 11 is 0. The number of nitrogens with one attached hydrogen (secondary N) is 2. The summed E-state index contributed by atoms with van der Waals surface area (Å²) in [7, 11) is 0. The Morgan fingerprint density at radius 3 is 2.68 bits per heavy atom. The lowest BCUT2D eigenvalue weighted by Gasteiger charge is -2.06. The highest BCUT2D eigenvalue weighted by Gasteiger charge is 2.09. The maximum atomic E-state index is 11.9. The van der Waals surface area contributed by atoms with Gasteiger partial charge in [0.15, 0.2) is 5.69 Å². The van der Waals surface area contributed by atoms with Crippen molar-refractivity contribution in [2.45, 2.75) is 20.3 Å². The van der Waals surface area contributed by atoms with Gasteiger partial charge in [-0.1, -0.05) is 6.92 Å². The zero-order valence-corrected chi connectivity index (χ0v) is 11.1. The molecule has 2 rings (SSSR count). The number of rotatable bonds is 5. The number of carbonyl (C=O) groups excluding carboxylic acids is 1. The number of carbonyl (C=O) groups is 1. The number of aromatic amines is 1. The Hall–Kier alpha value is -2.30. The molecule has 0 saturated carbocycles. The van der Waals surface area contributed by atoms with Gasteiger partial charge in [-0.25, -0.2) is 0 Å². The van der Waals surface area contributed by atoms with Crippen molar-refractivity contribution in [3.05, 3.63) is 41.7 Å². The van der Waals surface area contributed by atoms with Gasteiger partial charge in [-0.2, -0.15) is 5.10 Å². The van der Waals surface area contributed by atoms with Gasteiger partial charge in [0.1, 0.15) is 5.75 Å². The fourth-order valence-electron chi connectivity index (χ4n) is 1.58. The first-order valence-electron chi connectivity index (χ1n) is 6.25. The second-order valence-electron chi connectivity index (χ2n) is 4.26. The van der Waals surface area contributed by atoms with Crippen LogP contribution >= 0.6 is 0 Å². The number of hydrogen-bond donors (Lipinski definition) is 2. The molecule has 0 radical (unpaired) electrons. The highest BCUT2D eigenvalue weighted by atomic mass is 16.5. The normalized spacial score (nSPS) is 10.2. The van der Waals surface area contributed by atoms with E-state index in [1.165, 1.54) is 0 Å². The Morgan fingerprint density at radius 2 is 2.11 bits per heavy atom. The predicted octanol–water partition coefficient (Wildman–Crippen LogP) is 2.76. The van der Waals surface area contributed by atoms with Crippen molar-refractivity contribution in [1.29, 1.82) is 0 Å². The number of aromatic nitrogens is 2. The second kappa shape index (κ2) is 6.04. The van der Waals surface area contributed by atoms with Crippen LogP contribution in [-0.2, 0) is 0 Å². The molecule has 2 aromatic rings. The topological polar surface area (TPSA) is 67.0 Å². The van der Waals surface area contributed by atoms with Crippen LogP contribution in [0.25, 0.3) is 0 Å². The molecule has 0 aliphatic carbocycles. The smallest absolute Gasteiger partial charge is 0.276 e. The minimum Gasteiger partial charge on any atom is -0.494 e.